The van der Waals surface area contributed by atoms with Crippen LogP contribution in [0.25, 0.3) is 0 Å². The fourth-order valence-electron chi connectivity index (χ4n) is 3.98. The van der Waals surface area contributed by atoms with E-state index in [0.29, 0.717) is 25.0 Å². The molecule has 1 aromatic heterocycles. The Hall–Kier alpha value is -2.22. The van der Waals surface area contributed by atoms with Gasteiger partial charge >= 0.3 is 5.97 Å². The number of hydrogen-bond acceptors (Lipinski definition) is 6. The molecule has 0 spiro atoms. The number of aromatic nitrogens is 3. The zero-order valence-corrected chi connectivity index (χ0v) is 14.8. The molecule has 0 aromatic carbocycles. The van der Waals surface area contributed by atoms with Gasteiger partial charge in [0.15, 0.2) is 5.69 Å². The fourth-order valence-corrected chi connectivity index (χ4v) is 3.98. The maximum Gasteiger partial charge on any atom is 0.360 e. The van der Waals surface area contributed by atoms with Crippen molar-refractivity contribution in [2.45, 2.75) is 25.4 Å². The van der Waals surface area contributed by atoms with E-state index in [-0.39, 0.29) is 17.5 Å². The maximum atomic E-state index is 12.6. The molecule has 1 aromatic rings. The van der Waals surface area contributed by atoms with E-state index in [9.17, 15) is 9.59 Å². The smallest absolute Gasteiger partial charge is 0.360 e. The second-order valence-electron chi connectivity index (χ2n) is 6.86. The lowest BCUT2D eigenvalue weighted by Crippen LogP contribution is -2.58. The third kappa shape index (κ3) is 3.58. The summed E-state index contributed by atoms with van der Waals surface area (Å²) >= 11 is 0. The van der Waals surface area contributed by atoms with Crippen molar-refractivity contribution in [2.75, 3.05) is 33.8 Å². The van der Waals surface area contributed by atoms with Gasteiger partial charge in [0, 0.05) is 26.2 Å². The summed E-state index contributed by atoms with van der Waals surface area (Å²) in [6, 6.07) is 0.319. The average molecular weight is 347 g/mol. The van der Waals surface area contributed by atoms with Gasteiger partial charge < -0.3 is 9.64 Å². The molecule has 0 N–H and O–H groups in total. The Kier molecular flexibility index (Phi) is 5.17. The number of fused-ring (bicyclic) bond motifs is 3. The Morgan fingerprint density at radius 1 is 1.52 bits per heavy atom. The van der Waals surface area contributed by atoms with Crippen LogP contribution in [0.5, 0.6) is 0 Å². The number of carbonyl (C=O) groups is 2. The lowest BCUT2D eigenvalue weighted by atomic mass is 9.75. The number of rotatable bonds is 6. The topological polar surface area (TPSA) is 80.6 Å². The molecule has 8 heteroatoms. The molecule has 3 fully saturated rings. The molecular formula is C17H25N5O3. The summed E-state index contributed by atoms with van der Waals surface area (Å²) < 4.78 is 6.35. The van der Waals surface area contributed by atoms with Crippen LogP contribution in [0.15, 0.2) is 18.9 Å². The van der Waals surface area contributed by atoms with E-state index in [0.717, 1.165) is 25.9 Å². The van der Waals surface area contributed by atoms with Gasteiger partial charge in [-0.3, -0.25) is 14.4 Å². The largest absolute Gasteiger partial charge is 0.464 e. The Morgan fingerprint density at radius 3 is 2.96 bits per heavy atom. The quantitative estimate of drug-likeness (QED) is 0.548. The molecule has 0 radical (unpaired) electrons. The number of methoxy groups -OCH3 is 1. The first-order valence-electron chi connectivity index (χ1n) is 8.61. The molecule has 3 saturated heterocycles. The summed E-state index contributed by atoms with van der Waals surface area (Å²) in [6.07, 6.45) is 5.40. The fraction of sp³-hybridized carbons (Fsp3) is 0.647. The van der Waals surface area contributed by atoms with Crippen LogP contribution in [0.2, 0.25) is 0 Å². The third-order valence-corrected chi connectivity index (χ3v) is 5.31. The number of ether oxygens (including phenoxy) is 1. The van der Waals surface area contributed by atoms with Gasteiger partial charge in [0.25, 0.3) is 0 Å². The van der Waals surface area contributed by atoms with Gasteiger partial charge in [-0.05, 0) is 25.3 Å². The van der Waals surface area contributed by atoms with Crippen molar-refractivity contribution in [3.8, 4) is 0 Å². The highest BCUT2D eigenvalue weighted by atomic mass is 16.5. The van der Waals surface area contributed by atoms with Gasteiger partial charge in [-0.2, -0.15) is 0 Å². The predicted molar refractivity (Wildman–Crippen MR) is 90.8 cm³/mol. The van der Waals surface area contributed by atoms with Gasteiger partial charge in [0.1, 0.15) is 0 Å². The van der Waals surface area contributed by atoms with E-state index in [2.05, 4.69) is 26.5 Å². The van der Waals surface area contributed by atoms with E-state index in [1.807, 2.05) is 7.05 Å². The van der Waals surface area contributed by atoms with Crippen LogP contribution < -0.4 is 0 Å². The number of nitrogens with zero attached hydrogens (tertiary/aromatic N) is 5. The molecule has 0 saturated carbocycles. The SMILES string of the molecule is C=CCN(C)C(=O)[C@H]1CN2CC[C@H]1C[C@@H]2Cn1cc(C(=O)OC)nn1. The van der Waals surface area contributed by atoms with Crippen molar-refractivity contribution in [1.82, 2.24) is 24.8 Å². The average Bonchev–Trinajstić information content (AvgIpc) is 3.09. The minimum atomic E-state index is -0.479. The summed E-state index contributed by atoms with van der Waals surface area (Å²) in [5.41, 5.74) is 0.220. The van der Waals surface area contributed by atoms with E-state index in [1.54, 1.807) is 21.9 Å². The van der Waals surface area contributed by atoms with E-state index >= 15 is 0 Å². The highest BCUT2D eigenvalue weighted by Crippen LogP contribution is 2.37. The van der Waals surface area contributed by atoms with Crippen LogP contribution in [0.4, 0.5) is 0 Å². The standard InChI is InChI=1S/C17H25N5O3/c1-4-6-20(2)16(23)14-10-21-7-5-12(14)8-13(21)9-22-11-15(18-19-22)17(24)25-3/h4,11-14H,1,5-10H2,2-3H3/t12-,13+,14-/m0/s1. The summed E-state index contributed by atoms with van der Waals surface area (Å²) in [5.74, 6) is 0.198. The van der Waals surface area contributed by atoms with E-state index in [4.69, 9.17) is 0 Å². The number of piperidine rings is 3. The lowest BCUT2D eigenvalue weighted by Gasteiger charge is -2.49. The molecular weight excluding hydrogens is 322 g/mol. The molecule has 4 heterocycles. The van der Waals surface area contributed by atoms with Gasteiger partial charge in [-0.25, -0.2) is 4.79 Å². The van der Waals surface area contributed by atoms with Crippen molar-refractivity contribution in [3.05, 3.63) is 24.5 Å². The molecule has 3 aliphatic heterocycles. The molecule has 1 amide bonds. The summed E-state index contributed by atoms with van der Waals surface area (Å²) in [5, 5.41) is 7.87. The Morgan fingerprint density at radius 2 is 2.32 bits per heavy atom. The second kappa shape index (κ2) is 7.35. The number of carbonyl (C=O) groups excluding carboxylic acids is 2. The Bertz CT molecular complexity index is 658. The monoisotopic (exact) mass is 347 g/mol. The van der Waals surface area contributed by atoms with Gasteiger partial charge in [-0.15, -0.1) is 11.7 Å². The zero-order valence-electron chi connectivity index (χ0n) is 14.8. The number of likely N-dealkylation sites (N-methyl/N-ethyl adjacent to an activating group) is 1. The van der Waals surface area contributed by atoms with Crippen molar-refractivity contribution in [1.29, 1.82) is 0 Å². The minimum absolute atomic E-state index is 0.0660. The number of esters is 1. The molecule has 4 atom stereocenters. The summed E-state index contributed by atoms with van der Waals surface area (Å²) in [6.45, 7) is 6.75. The minimum Gasteiger partial charge on any atom is -0.464 e. The highest BCUT2D eigenvalue weighted by Gasteiger charge is 2.44. The zero-order chi connectivity index (χ0) is 18.0. The van der Waals surface area contributed by atoms with Crippen LogP contribution >= 0.6 is 0 Å². The molecule has 136 valence electrons. The van der Waals surface area contributed by atoms with Crippen molar-refractivity contribution in [3.63, 3.8) is 0 Å². The molecule has 25 heavy (non-hydrogen) atoms. The molecule has 0 aliphatic carbocycles. The van der Waals surface area contributed by atoms with Crippen LogP contribution in [-0.4, -0.2) is 76.5 Å². The molecule has 8 nitrogen and oxygen atoms in total. The van der Waals surface area contributed by atoms with Crippen molar-refractivity contribution >= 4 is 11.9 Å². The Balaban J connectivity index is 1.62. The molecule has 3 aliphatic rings. The Labute approximate surface area is 147 Å². The number of amides is 1. The molecule has 1 unspecified atom stereocenters. The first-order chi connectivity index (χ1) is 12.0. The third-order valence-electron chi connectivity index (χ3n) is 5.31. The van der Waals surface area contributed by atoms with Crippen molar-refractivity contribution in [2.24, 2.45) is 11.8 Å². The predicted octanol–water partition coefficient (Wildman–Crippen LogP) is 0.420. The number of hydrogen-bond donors (Lipinski definition) is 0. The van der Waals surface area contributed by atoms with Gasteiger partial charge in [-0.1, -0.05) is 11.3 Å². The van der Waals surface area contributed by atoms with Crippen LogP contribution in [-0.2, 0) is 16.1 Å². The van der Waals surface area contributed by atoms with Crippen molar-refractivity contribution < 1.29 is 14.3 Å². The summed E-state index contributed by atoms with van der Waals surface area (Å²) in [7, 11) is 3.16. The van der Waals surface area contributed by atoms with Gasteiger partial charge in [0.2, 0.25) is 5.91 Å². The summed E-state index contributed by atoms with van der Waals surface area (Å²) in [4.78, 5) is 28.2. The van der Waals surface area contributed by atoms with E-state index < -0.39 is 5.97 Å². The molecule has 4 rings (SSSR count). The molecule has 2 bridgehead atoms. The first-order valence-corrected chi connectivity index (χ1v) is 8.61. The van der Waals surface area contributed by atoms with E-state index in [1.165, 1.54) is 7.11 Å². The second-order valence-corrected chi connectivity index (χ2v) is 6.86. The maximum absolute atomic E-state index is 12.6. The van der Waals surface area contributed by atoms with Gasteiger partial charge in [0.05, 0.1) is 25.8 Å². The van der Waals surface area contributed by atoms with Crippen LogP contribution in [0.1, 0.15) is 23.3 Å². The van der Waals surface area contributed by atoms with Crippen LogP contribution in [0, 0.1) is 11.8 Å². The first kappa shape index (κ1) is 17.6. The highest BCUT2D eigenvalue weighted by molar-refractivity contribution is 5.86. The normalized spacial score (nSPS) is 27.8. The lowest BCUT2D eigenvalue weighted by molar-refractivity contribution is -0.142. The van der Waals surface area contributed by atoms with Crippen LogP contribution in [0.3, 0.4) is 0 Å².